The molecule has 0 bridgehead atoms. The molecule has 10 nitrogen and oxygen atoms in total. The first-order chi connectivity index (χ1) is 19.3. The lowest BCUT2D eigenvalue weighted by molar-refractivity contribution is -0.125. The van der Waals surface area contributed by atoms with Crippen molar-refractivity contribution < 1.29 is 23.8 Å². The number of aromatic nitrogens is 1. The van der Waals surface area contributed by atoms with Crippen LogP contribution in [0.2, 0.25) is 0 Å². The maximum absolute atomic E-state index is 13.0. The fourth-order valence-electron chi connectivity index (χ4n) is 4.04. The highest BCUT2D eigenvalue weighted by Gasteiger charge is 2.18. The normalized spacial score (nSPS) is 11.7. The van der Waals surface area contributed by atoms with Crippen LogP contribution in [0.25, 0.3) is 17.0 Å². The van der Waals surface area contributed by atoms with Gasteiger partial charge in [0.05, 0.1) is 17.3 Å². The third-order valence-corrected chi connectivity index (χ3v) is 6.19. The zero-order valence-corrected chi connectivity index (χ0v) is 22.3. The summed E-state index contributed by atoms with van der Waals surface area (Å²) in [5.74, 6) is 2.11. The van der Waals surface area contributed by atoms with E-state index in [1.807, 2.05) is 19.1 Å². The molecule has 0 aliphatic carbocycles. The molecule has 1 atom stereocenters. The minimum absolute atomic E-state index is 0.0347. The van der Waals surface area contributed by atoms with E-state index in [2.05, 4.69) is 21.7 Å². The number of amides is 1. The van der Waals surface area contributed by atoms with Gasteiger partial charge in [-0.2, -0.15) is 5.26 Å². The second kappa shape index (κ2) is 12.6. The van der Waals surface area contributed by atoms with E-state index in [0.29, 0.717) is 58.3 Å². The number of hydrogen-bond acceptors (Lipinski definition) is 9. The molecule has 3 N–H and O–H groups in total. The molecule has 40 heavy (non-hydrogen) atoms. The number of fused-ring (bicyclic) bond motifs is 1. The van der Waals surface area contributed by atoms with Crippen LogP contribution in [0.4, 0.5) is 11.5 Å². The summed E-state index contributed by atoms with van der Waals surface area (Å²) in [5.41, 5.74) is 3.24. The van der Waals surface area contributed by atoms with E-state index in [1.165, 1.54) is 6.08 Å². The number of aldehydes is 1. The molecule has 0 spiro atoms. The summed E-state index contributed by atoms with van der Waals surface area (Å²) in [5, 5.41) is 25.3. The number of para-hydroxylation sites is 1. The number of aryl methyl sites for hydroxylation is 1. The lowest BCUT2D eigenvalue weighted by Gasteiger charge is -2.15. The van der Waals surface area contributed by atoms with E-state index < -0.39 is 6.10 Å². The zero-order chi connectivity index (χ0) is 28.6. The van der Waals surface area contributed by atoms with Crippen molar-refractivity contribution in [2.75, 3.05) is 31.3 Å². The van der Waals surface area contributed by atoms with Crippen LogP contribution in [0.1, 0.15) is 22.5 Å². The number of benzene rings is 2. The number of carbonyl (C=O) groups is 2. The number of anilines is 2. The van der Waals surface area contributed by atoms with Crippen molar-refractivity contribution in [3.05, 3.63) is 83.3 Å². The second-order valence-electron chi connectivity index (χ2n) is 9.03. The summed E-state index contributed by atoms with van der Waals surface area (Å²) in [6.45, 7) is 2.20. The number of aliphatic hydroxyl groups excluding tert-OH is 1. The Balaban J connectivity index is 1.48. The summed E-state index contributed by atoms with van der Waals surface area (Å²) in [4.78, 5) is 29.6. The monoisotopic (exact) mass is 539 g/mol. The zero-order valence-electron chi connectivity index (χ0n) is 22.3. The maximum atomic E-state index is 13.0. The van der Waals surface area contributed by atoms with E-state index in [-0.39, 0.29) is 12.5 Å². The molecule has 1 unspecified atom stereocenters. The smallest absolute Gasteiger partial charge is 0.246 e. The summed E-state index contributed by atoms with van der Waals surface area (Å²) < 4.78 is 12.1. The summed E-state index contributed by atoms with van der Waals surface area (Å²) in [6.07, 6.45) is 4.03. The predicted molar refractivity (Wildman–Crippen MR) is 152 cm³/mol. The highest BCUT2D eigenvalue weighted by Crippen LogP contribution is 2.35. The van der Waals surface area contributed by atoms with Crippen LogP contribution in [0.5, 0.6) is 11.5 Å². The van der Waals surface area contributed by atoms with Gasteiger partial charge in [-0.3, -0.25) is 4.79 Å². The second-order valence-corrected chi connectivity index (χ2v) is 9.03. The number of rotatable bonds is 11. The number of nitriles is 1. The topological polar surface area (TPSA) is 141 Å². The van der Waals surface area contributed by atoms with Crippen molar-refractivity contribution in [2.24, 2.45) is 0 Å². The number of nitrogens with zero attached hydrogens (tertiary/aromatic N) is 3. The first-order valence-corrected chi connectivity index (χ1v) is 12.5. The van der Waals surface area contributed by atoms with Gasteiger partial charge >= 0.3 is 0 Å². The number of carbonyl (C=O) groups excluding carboxylic acids is 2. The number of nitrogens with one attached hydrogen (secondary N) is 2. The number of pyridine rings is 1. The molecule has 4 aromatic rings. The molecule has 0 aliphatic heterocycles. The van der Waals surface area contributed by atoms with E-state index in [0.717, 1.165) is 10.9 Å². The Kier molecular flexibility index (Phi) is 8.79. The quantitative estimate of drug-likeness (QED) is 0.186. The van der Waals surface area contributed by atoms with Gasteiger partial charge in [-0.1, -0.05) is 12.1 Å². The molecule has 0 aliphatic rings. The Bertz CT molecular complexity index is 1590. The summed E-state index contributed by atoms with van der Waals surface area (Å²) in [6, 6.07) is 16.3. The lowest BCUT2D eigenvalue weighted by atomic mass is 10.1. The van der Waals surface area contributed by atoms with E-state index in [1.54, 1.807) is 67.7 Å². The van der Waals surface area contributed by atoms with Gasteiger partial charge in [0, 0.05) is 50.4 Å². The van der Waals surface area contributed by atoms with Gasteiger partial charge in [0.1, 0.15) is 29.7 Å². The number of hydrogen-bond donors (Lipinski definition) is 3. The van der Waals surface area contributed by atoms with Crippen LogP contribution in [0.3, 0.4) is 0 Å². The molecule has 10 heteroatoms. The minimum atomic E-state index is -1.14. The largest absolute Gasteiger partial charge is 0.457 e. The van der Waals surface area contributed by atoms with Gasteiger partial charge in [0.25, 0.3) is 0 Å². The highest BCUT2D eigenvalue weighted by molar-refractivity contribution is 5.93. The molecule has 204 valence electrons. The van der Waals surface area contributed by atoms with Crippen LogP contribution in [-0.4, -0.2) is 53.9 Å². The maximum Gasteiger partial charge on any atom is 0.246 e. The first kappa shape index (κ1) is 27.9. The Morgan fingerprint density at radius 2 is 2.05 bits per heavy atom. The van der Waals surface area contributed by atoms with Crippen LogP contribution in [0, 0.1) is 18.3 Å². The Hall–Kier alpha value is -5.14. The molecule has 2 aromatic heterocycles. The van der Waals surface area contributed by atoms with E-state index in [4.69, 9.17) is 14.4 Å². The fourth-order valence-corrected chi connectivity index (χ4v) is 4.04. The summed E-state index contributed by atoms with van der Waals surface area (Å²) in [7, 11) is 3.42. The van der Waals surface area contributed by atoms with E-state index >= 15 is 0 Å². The number of ether oxygens (including phenoxy) is 1. The van der Waals surface area contributed by atoms with Crippen LogP contribution in [-0.2, 0) is 16.1 Å². The van der Waals surface area contributed by atoms with Gasteiger partial charge in [-0.15, -0.1) is 0 Å². The van der Waals surface area contributed by atoms with Crippen LogP contribution < -0.4 is 15.4 Å². The molecule has 2 aromatic carbocycles. The standard InChI is InChI=1S/C30H29N5O5/c1-19-25(24-5-4-6-27(29(24)39-19)40-23-10-7-20(14-31)8-11-23)17-35(3)28(38)12-9-21-13-26(30(32-2)34-15-21)33-16-22(37)18-36/h4-13,15,18,22,33,37H,16-17H2,1-3H3,(H,32,34)/b12-9+. The molecule has 0 saturated heterocycles. The fraction of sp³-hybridized carbons (Fsp3) is 0.200. The molecule has 0 fully saturated rings. The van der Waals surface area contributed by atoms with Crippen molar-refractivity contribution in [1.29, 1.82) is 5.26 Å². The van der Waals surface area contributed by atoms with Gasteiger partial charge in [0.2, 0.25) is 5.91 Å². The molecule has 4 rings (SSSR count). The first-order valence-electron chi connectivity index (χ1n) is 12.5. The molecule has 0 saturated carbocycles. The van der Waals surface area contributed by atoms with Crippen molar-refractivity contribution in [3.8, 4) is 17.6 Å². The highest BCUT2D eigenvalue weighted by atomic mass is 16.5. The lowest BCUT2D eigenvalue weighted by Crippen LogP contribution is -2.24. The molecule has 1 amide bonds. The van der Waals surface area contributed by atoms with Crippen LogP contribution in [0.15, 0.2) is 65.2 Å². The van der Waals surface area contributed by atoms with Gasteiger partial charge in [0.15, 0.2) is 11.3 Å². The third kappa shape index (κ3) is 6.46. The molecule has 2 heterocycles. The number of likely N-dealkylation sites (N-methyl/N-ethyl adjacent to an activating group) is 1. The Labute approximate surface area is 231 Å². The Morgan fingerprint density at radius 1 is 1.27 bits per heavy atom. The number of furan rings is 1. The Morgan fingerprint density at radius 3 is 2.75 bits per heavy atom. The third-order valence-electron chi connectivity index (χ3n) is 6.19. The van der Waals surface area contributed by atoms with Crippen molar-refractivity contribution >= 4 is 40.7 Å². The van der Waals surface area contributed by atoms with Crippen molar-refractivity contribution in [2.45, 2.75) is 19.6 Å². The minimum Gasteiger partial charge on any atom is -0.457 e. The predicted octanol–water partition coefficient (Wildman–Crippen LogP) is 4.49. The van der Waals surface area contributed by atoms with Crippen molar-refractivity contribution in [1.82, 2.24) is 9.88 Å². The van der Waals surface area contributed by atoms with Gasteiger partial charge in [-0.25, -0.2) is 4.98 Å². The average Bonchev–Trinajstić information content (AvgIpc) is 3.30. The molecule has 0 radical (unpaired) electrons. The average molecular weight is 540 g/mol. The number of aliphatic hydroxyl groups is 1. The summed E-state index contributed by atoms with van der Waals surface area (Å²) >= 11 is 0. The SMILES string of the molecule is CNc1ncc(/C=C/C(=O)N(C)Cc2c(C)oc3c(Oc4ccc(C#N)cc4)cccc23)cc1NCC(O)C=O. The molecular formula is C30H29N5O5. The molecular weight excluding hydrogens is 510 g/mol. The van der Waals surface area contributed by atoms with E-state index in [9.17, 15) is 14.7 Å². The van der Waals surface area contributed by atoms with Crippen molar-refractivity contribution in [3.63, 3.8) is 0 Å². The van der Waals surface area contributed by atoms with Gasteiger partial charge in [-0.05, 0) is 55.0 Å². The van der Waals surface area contributed by atoms with Crippen LogP contribution >= 0.6 is 0 Å². The van der Waals surface area contributed by atoms with Gasteiger partial charge < -0.3 is 34.6 Å².